The van der Waals surface area contributed by atoms with Crippen LogP contribution in [-0.4, -0.2) is 24.5 Å². The lowest BCUT2D eigenvalue weighted by atomic mass is 10.3. The number of para-hydroxylation sites is 2. The van der Waals surface area contributed by atoms with E-state index in [4.69, 9.17) is 11.6 Å². The SMILES string of the molecule is C/C(Cl)=C/Cn1cc(Cn2c(C)nc3ccccc32)nn1. The fraction of sp³-hybridized carbons (Fsp3) is 0.267. The first kappa shape index (κ1) is 13.8. The van der Waals surface area contributed by atoms with Crippen molar-refractivity contribution in [3.8, 4) is 0 Å². The van der Waals surface area contributed by atoms with E-state index in [1.807, 2.05) is 44.3 Å². The van der Waals surface area contributed by atoms with Gasteiger partial charge in [0.05, 0.1) is 30.3 Å². The van der Waals surface area contributed by atoms with Crippen molar-refractivity contribution in [1.82, 2.24) is 24.5 Å². The van der Waals surface area contributed by atoms with Gasteiger partial charge in [-0.15, -0.1) is 5.10 Å². The molecule has 21 heavy (non-hydrogen) atoms. The second-order valence-corrected chi connectivity index (χ2v) is 5.55. The normalized spacial score (nSPS) is 12.2. The van der Waals surface area contributed by atoms with Crippen LogP contribution in [0.1, 0.15) is 18.4 Å². The van der Waals surface area contributed by atoms with E-state index in [0.717, 1.165) is 27.6 Å². The molecule has 0 amide bonds. The van der Waals surface area contributed by atoms with Crippen LogP contribution in [0.3, 0.4) is 0 Å². The van der Waals surface area contributed by atoms with Crippen LogP contribution in [0.5, 0.6) is 0 Å². The van der Waals surface area contributed by atoms with Crippen molar-refractivity contribution in [3.63, 3.8) is 0 Å². The highest BCUT2D eigenvalue weighted by Gasteiger charge is 2.09. The van der Waals surface area contributed by atoms with Crippen molar-refractivity contribution >= 4 is 22.6 Å². The Morgan fingerprint density at radius 1 is 1.33 bits per heavy atom. The number of nitrogens with zero attached hydrogens (tertiary/aromatic N) is 5. The van der Waals surface area contributed by atoms with Gasteiger partial charge in [-0.3, -0.25) is 0 Å². The summed E-state index contributed by atoms with van der Waals surface area (Å²) in [5.41, 5.74) is 3.02. The molecule has 0 aliphatic heterocycles. The first-order valence-electron chi connectivity index (χ1n) is 6.76. The first-order chi connectivity index (χ1) is 10.1. The molecule has 0 radical (unpaired) electrons. The van der Waals surface area contributed by atoms with E-state index in [0.29, 0.717) is 13.1 Å². The van der Waals surface area contributed by atoms with E-state index < -0.39 is 0 Å². The van der Waals surface area contributed by atoms with Gasteiger partial charge in [0.1, 0.15) is 11.5 Å². The van der Waals surface area contributed by atoms with Crippen LogP contribution in [0, 0.1) is 6.92 Å². The monoisotopic (exact) mass is 301 g/mol. The maximum atomic E-state index is 5.82. The molecule has 3 rings (SSSR count). The van der Waals surface area contributed by atoms with Crippen molar-refractivity contribution in [2.24, 2.45) is 0 Å². The molecule has 2 aromatic heterocycles. The van der Waals surface area contributed by atoms with Gasteiger partial charge < -0.3 is 4.57 Å². The molecule has 0 fully saturated rings. The average Bonchev–Trinajstić information content (AvgIpc) is 3.02. The third-order valence-corrected chi connectivity index (χ3v) is 3.47. The van der Waals surface area contributed by atoms with Gasteiger partial charge in [-0.05, 0) is 32.1 Å². The summed E-state index contributed by atoms with van der Waals surface area (Å²) in [5, 5.41) is 9.07. The molecule has 1 aromatic carbocycles. The fourth-order valence-electron chi connectivity index (χ4n) is 2.28. The van der Waals surface area contributed by atoms with Gasteiger partial charge in [0.2, 0.25) is 0 Å². The number of aryl methyl sites for hydroxylation is 1. The summed E-state index contributed by atoms with van der Waals surface area (Å²) >= 11 is 5.82. The molecule has 0 aliphatic carbocycles. The van der Waals surface area contributed by atoms with Gasteiger partial charge in [0.25, 0.3) is 0 Å². The number of benzene rings is 1. The van der Waals surface area contributed by atoms with E-state index >= 15 is 0 Å². The molecule has 108 valence electrons. The van der Waals surface area contributed by atoms with Crippen molar-refractivity contribution in [2.75, 3.05) is 0 Å². The number of imidazole rings is 1. The van der Waals surface area contributed by atoms with Crippen LogP contribution in [0.15, 0.2) is 41.6 Å². The summed E-state index contributed by atoms with van der Waals surface area (Å²) in [6.07, 6.45) is 3.84. The number of allylic oxidation sites excluding steroid dienone is 2. The fourth-order valence-corrected chi connectivity index (χ4v) is 2.35. The van der Waals surface area contributed by atoms with Gasteiger partial charge in [-0.25, -0.2) is 9.67 Å². The number of aromatic nitrogens is 5. The predicted octanol–water partition coefficient (Wildman–Crippen LogP) is 3.13. The zero-order valence-corrected chi connectivity index (χ0v) is 12.7. The minimum atomic E-state index is 0.631. The van der Waals surface area contributed by atoms with Crippen LogP contribution in [0.2, 0.25) is 0 Å². The lowest BCUT2D eigenvalue weighted by Gasteiger charge is -2.03. The summed E-state index contributed by atoms with van der Waals surface area (Å²) in [7, 11) is 0. The highest BCUT2D eigenvalue weighted by atomic mass is 35.5. The average molecular weight is 302 g/mol. The van der Waals surface area contributed by atoms with E-state index in [2.05, 4.69) is 25.9 Å². The Morgan fingerprint density at radius 2 is 2.14 bits per heavy atom. The molecule has 0 aliphatic rings. The zero-order chi connectivity index (χ0) is 14.8. The molecule has 0 unspecified atom stereocenters. The summed E-state index contributed by atoms with van der Waals surface area (Å²) in [6.45, 7) is 5.15. The van der Waals surface area contributed by atoms with Crippen LogP contribution >= 0.6 is 11.6 Å². The highest BCUT2D eigenvalue weighted by Crippen LogP contribution is 2.16. The van der Waals surface area contributed by atoms with E-state index in [1.54, 1.807) is 4.68 Å². The number of rotatable bonds is 4. The minimum absolute atomic E-state index is 0.631. The molecule has 2 heterocycles. The Balaban J connectivity index is 1.85. The second-order valence-electron chi connectivity index (χ2n) is 4.96. The van der Waals surface area contributed by atoms with Crippen LogP contribution in [0.4, 0.5) is 0 Å². The molecule has 0 bridgehead atoms. The number of halogens is 1. The molecule has 0 saturated heterocycles. The second kappa shape index (κ2) is 5.69. The van der Waals surface area contributed by atoms with E-state index in [9.17, 15) is 0 Å². The number of hydrogen-bond acceptors (Lipinski definition) is 3. The van der Waals surface area contributed by atoms with Crippen molar-refractivity contribution < 1.29 is 0 Å². The van der Waals surface area contributed by atoms with Gasteiger partial charge in [0, 0.05) is 5.03 Å². The Labute approximate surface area is 127 Å². The number of fused-ring (bicyclic) bond motifs is 1. The summed E-state index contributed by atoms with van der Waals surface area (Å²) in [5.74, 6) is 0.974. The van der Waals surface area contributed by atoms with Gasteiger partial charge >= 0.3 is 0 Å². The lowest BCUT2D eigenvalue weighted by molar-refractivity contribution is 0.659. The smallest absolute Gasteiger partial charge is 0.107 e. The maximum Gasteiger partial charge on any atom is 0.107 e. The molecule has 6 heteroatoms. The van der Waals surface area contributed by atoms with E-state index in [-0.39, 0.29) is 0 Å². The summed E-state index contributed by atoms with van der Waals surface area (Å²) in [6, 6.07) is 8.10. The van der Waals surface area contributed by atoms with Crippen molar-refractivity contribution in [3.05, 3.63) is 53.1 Å². The molecule has 3 aromatic rings. The quantitative estimate of drug-likeness (QED) is 0.744. The topological polar surface area (TPSA) is 48.5 Å². The Hall–Kier alpha value is -2.14. The number of hydrogen-bond donors (Lipinski definition) is 0. The Morgan fingerprint density at radius 3 is 2.95 bits per heavy atom. The van der Waals surface area contributed by atoms with Crippen LogP contribution < -0.4 is 0 Å². The molecule has 0 saturated carbocycles. The Bertz CT molecular complexity index is 795. The standard InChI is InChI=1S/C15H16ClN5/c1-11(16)7-8-20-9-13(18-19-20)10-21-12(2)17-14-5-3-4-6-15(14)21/h3-7,9H,8,10H2,1-2H3/b11-7-. The molecule has 0 atom stereocenters. The van der Waals surface area contributed by atoms with Gasteiger partial charge in [0.15, 0.2) is 0 Å². The minimum Gasteiger partial charge on any atom is -0.322 e. The summed E-state index contributed by atoms with van der Waals surface area (Å²) < 4.78 is 3.92. The van der Waals surface area contributed by atoms with Gasteiger partial charge in [-0.1, -0.05) is 28.9 Å². The molecule has 0 spiro atoms. The molecule has 0 N–H and O–H groups in total. The van der Waals surface area contributed by atoms with Gasteiger partial charge in [-0.2, -0.15) is 0 Å². The zero-order valence-electron chi connectivity index (χ0n) is 12.0. The molecular formula is C15H16ClN5. The molecular weight excluding hydrogens is 286 g/mol. The maximum absolute atomic E-state index is 5.82. The highest BCUT2D eigenvalue weighted by molar-refractivity contribution is 6.29. The van der Waals surface area contributed by atoms with Crippen LogP contribution in [0.25, 0.3) is 11.0 Å². The van der Waals surface area contributed by atoms with Crippen molar-refractivity contribution in [1.29, 1.82) is 0 Å². The first-order valence-corrected chi connectivity index (χ1v) is 7.14. The summed E-state index contributed by atoms with van der Waals surface area (Å²) in [4.78, 5) is 4.56. The lowest BCUT2D eigenvalue weighted by Crippen LogP contribution is -2.02. The van der Waals surface area contributed by atoms with E-state index in [1.165, 1.54) is 0 Å². The third kappa shape index (κ3) is 2.97. The third-order valence-electron chi connectivity index (χ3n) is 3.31. The largest absolute Gasteiger partial charge is 0.322 e. The molecule has 5 nitrogen and oxygen atoms in total. The van der Waals surface area contributed by atoms with Crippen LogP contribution in [-0.2, 0) is 13.1 Å². The Kier molecular flexibility index (Phi) is 3.75. The predicted molar refractivity (Wildman–Crippen MR) is 83.2 cm³/mol. The van der Waals surface area contributed by atoms with Crippen molar-refractivity contribution in [2.45, 2.75) is 26.9 Å².